The molecule has 2 atom stereocenters. The van der Waals surface area contributed by atoms with Crippen LogP contribution in [0.15, 0.2) is 17.5 Å². The Morgan fingerprint density at radius 3 is 2.81 bits per heavy atom. The zero-order chi connectivity index (χ0) is 12.0. The molecule has 6 heteroatoms. The second-order valence-corrected chi connectivity index (χ2v) is 4.30. The van der Waals surface area contributed by atoms with Crippen molar-refractivity contribution in [2.75, 3.05) is 13.2 Å². The van der Waals surface area contributed by atoms with Gasteiger partial charge in [0.05, 0.1) is 6.61 Å². The van der Waals surface area contributed by atoms with E-state index in [9.17, 15) is 9.90 Å². The average molecular weight is 246 g/mol. The number of hydrogen-bond acceptors (Lipinski definition) is 6. The quantitative estimate of drug-likeness (QED) is 0.592. The molecule has 0 amide bonds. The van der Waals surface area contributed by atoms with E-state index in [1.165, 1.54) is 11.3 Å². The van der Waals surface area contributed by atoms with Gasteiger partial charge in [-0.05, 0) is 11.4 Å². The van der Waals surface area contributed by atoms with Crippen LogP contribution in [0.3, 0.4) is 0 Å². The van der Waals surface area contributed by atoms with Crippen LogP contribution in [0.1, 0.15) is 4.88 Å². The van der Waals surface area contributed by atoms with E-state index in [-0.39, 0.29) is 13.0 Å². The standard InChI is InChI=1S/C10H14O5S/c11-5-7(12)6-15-10(14)9(13)4-8-2-1-3-16-8/h1-3,7,9,11-13H,4-6H2. The molecule has 0 aliphatic heterocycles. The van der Waals surface area contributed by atoms with Crippen molar-refractivity contribution in [3.05, 3.63) is 22.4 Å². The van der Waals surface area contributed by atoms with Crippen LogP contribution in [0.25, 0.3) is 0 Å². The molecule has 0 saturated heterocycles. The molecule has 1 rings (SSSR count). The normalized spacial score (nSPS) is 14.4. The smallest absolute Gasteiger partial charge is 0.335 e. The van der Waals surface area contributed by atoms with Crippen LogP contribution >= 0.6 is 11.3 Å². The Balaban J connectivity index is 2.31. The Morgan fingerprint density at radius 2 is 2.25 bits per heavy atom. The predicted molar refractivity (Wildman–Crippen MR) is 58.1 cm³/mol. The first kappa shape index (κ1) is 13.1. The molecule has 1 heterocycles. The summed E-state index contributed by atoms with van der Waals surface area (Å²) < 4.78 is 4.61. The fourth-order valence-corrected chi connectivity index (χ4v) is 1.77. The second kappa shape index (κ2) is 6.59. The number of aliphatic hydroxyl groups excluding tert-OH is 3. The summed E-state index contributed by atoms with van der Waals surface area (Å²) in [4.78, 5) is 12.1. The highest BCUT2D eigenvalue weighted by Crippen LogP contribution is 2.11. The lowest BCUT2D eigenvalue weighted by atomic mass is 10.2. The van der Waals surface area contributed by atoms with Crippen molar-refractivity contribution < 1.29 is 24.9 Å². The molecular weight excluding hydrogens is 232 g/mol. The maximum Gasteiger partial charge on any atom is 0.335 e. The molecule has 0 fully saturated rings. The van der Waals surface area contributed by atoms with Crippen molar-refractivity contribution in [2.45, 2.75) is 18.6 Å². The summed E-state index contributed by atoms with van der Waals surface area (Å²) in [6.45, 7) is -0.787. The Morgan fingerprint density at radius 1 is 1.50 bits per heavy atom. The molecule has 90 valence electrons. The number of aliphatic hydroxyl groups is 3. The van der Waals surface area contributed by atoms with Crippen molar-refractivity contribution in [3.63, 3.8) is 0 Å². The highest BCUT2D eigenvalue weighted by atomic mass is 32.1. The monoisotopic (exact) mass is 246 g/mol. The summed E-state index contributed by atoms with van der Waals surface area (Å²) in [6.07, 6.45) is -2.13. The van der Waals surface area contributed by atoms with Crippen LogP contribution in [0.4, 0.5) is 0 Å². The minimum Gasteiger partial charge on any atom is -0.461 e. The van der Waals surface area contributed by atoms with E-state index in [1.807, 2.05) is 17.5 Å². The Hall–Kier alpha value is -0.950. The number of ether oxygens (including phenoxy) is 1. The molecule has 0 radical (unpaired) electrons. The van der Waals surface area contributed by atoms with Gasteiger partial charge in [-0.3, -0.25) is 0 Å². The summed E-state index contributed by atoms with van der Waals surface area (Å²) in [5.74, 6) is -0.791. The number of esters is 1. The maximum atomic E-state index is 11.2. The van der Waals surface area contributed by atoms with E-state index in [0.29, 0.717) is 0 Å². The molecule has 0 aliphatic carbocycles. The number of carbonyl (C=O) groups excluding carboxylic acids is 1. The number of carbonyl (C=O) groups is 1. The minimum atomic E-state index is -1.23. The van der Waals surface area contributed by atoms with Gasteiger partial charge in [0.2, 0.25) is 0 Å². The van der Waals surface area contributed by atoms with Gasteiger partial charge >= 0.3 is 5.97 Å². The van der Waals surface area contributed by atoms with Crippen molar-refractivity contribution in [2.24, 2.45) is 0 Å². The lowest BCUT2D eigenvalue weighted by Crippen LogP contribution is -2.29. The van der Waals surface area contributed by atoms with Gasteiger partial charge in [0.15, 0.2) is 6.10 Å². The van der Waals surface area contributed by atoms with Crippen LogP contribution in [-0.4, -0.2) is 46.7 Å². The molecule has 0 bridgehead atoms. The van der Waals surface area contributed by atoms with Gasteiger partial charge < -0.3 is 20.1 Å². The Labute approximate surface area is 96.9 Å². The second-order valence-electron chi connectivity index (χ2n) is 3.27. The van der Waals surface area contributed by atoms with Gasteiger partial charge in [-0.25, -0.2) is 4.79 Å². The summed E-state index contributed by atoms with van der Waals surface area (Å²) in [7, 11) is 0. The largest absolute Gasteiger partial charge is 0.461 e. The molecule has 0 spiro atoms. The van der Waals surface area contributed by atoms with Gasteiger partial charge in [-0.2, -0.15) is 0 Å². The van der Waals surface area contributed by atoms with Crippen LogP contribution in [-0.2, 0) is 16.0 Å². The molecular formula is C10H14O5S. The molecule has 0 saturated carbocycles. The molecule has 1 aromatic rings. The fourth-order valence-electron chi connectivity index (χ4n) is 1.03. The molecule has 0 aliphatic rings. The average Bonchev–Trinajstić information content (AvgIpc) is 2.77. The van der Waals surface area contributed by atoms with Crippen LogP contribution in [0.2, 0.25) is 0 Å². The van der Waals surface area contributed by atoms with Crippen molar-refractivity contribution in [1.82, 2.24) is 0 Å². The van der Waals surface area contributed by atoms with Crippen molar-refractivity contribution in [3.8, 4) is 0 Å². The van der Waals surface area contributed by atoms with E-state index in [1.54, 1.807) is 0 Å². The molecule has 1 aromatic heterocycles. The zero-order valence-electron chi connectivity index (χ0n) is 8.57. The first-order valence-electron chi connectivity index (χ1n) is 4.79. The number of hydrogen-bond donors (Lipinski definition) is 3. The van der Waals surface area contributed by atoms with Gasteiger partial charge in [-0.15, -0.1) is 11.3 Å². The first-order valence-corrected chi connectivity index (χ1v) is 5.67. The summed E-state index contributed by atoms with van der Waals surface area (Å²) in [6, 6.07) is 3.64. The molecule has 16 heavy (non-hydrogen) atoms. The number of rotatable bonds is 6. The minimum absolute atomic E-state index is 0.200. The molecule has 5 nitrogen and oxygen atoms in total. The van der Waals surface area contributed by atoms with Gasteiger partial charge in [0.25, 0.3) is 0 Å². The van der Waals surface area contributed by atoms with E-state index < -0.39 is 24.8 Å². The Kier molecular flexibility index (Phi) is 5.41. The van der Waals surface area contributed by atoms with Crippen molar-refractivity contribution >= 4 is 17.3 Å². The van der Waals surface area contributed by atoms with Gasteiger partial charge in [0, 0.05) is 11.3 Å². The summed E-state index contributed by atoms with van der Waals surface area (Å²) in [5.41, 5.74) is 0. The van der Waals surface area contributed by atoms with Crippen LogP contribution in [0, 0.1) is 0 Å². The third-order valence-electron chi connectivity index (χ3n) is 1.88. The SMILES string of the molecule is O=C(OCC(O)CO)C(O)Cc1cccs1. The molecule has 0 aromatic carbocycles. The molecule has 3 N–H and O–H groups in total. The maximum absolute atomic E-state index is 11.2. The topological polar surface area (TPSA) is 87.0 Å². The summed E-state index contributed by atoms with van der Waals surface area (Å²) >= 11 is 1.44. The van der Waals surface area contributed by atoms with Crippen LogP contribution in [0.5, 0.6) is 0 Å². The third-order valence-corrected chi connectivity index (χ3v) is 2.77. The highest BCUT2D eigenvalue weighted by Gasteiger charge is 2.18. The third kappa shape index (κ3) is 4.28. The fraction of sp³-hybridized carbons (Fsp3) is 0.500. The summed E-state index contributed by atoms with van der Waals surface area (Å²) in [5, 5.41) is 28.7. The highest BCUT2D eigenvalue weighted by molar-refractivity contribution is 7.09. The zero-order valence-corrected chi connectivity index (χ0v) is 9.39. The van der Waals surface area contributed by atoms with Gasteiger partial charge in [-0.1, -0.05) is 6.07 Å². The van der Waals surface area contributed by atoms with E-state index in [4.69, 9.17) is 10.2 Å². The van der Waals surface area contributed by atoms with E-state index in [0.717, 1.165) is 4.88 Å². The lowest BCUT2D eigenvalue weighted by molar-refractivity contribution is -0.157. The first-order chi connectivity index (χ1) is 7.63. The van der Waals surface area contributed by atoms with E-state index in [2.05, 4.69) is 4.74 Å². The predicted octanol–water partition coefficient (Wildman–Crippen LogP) is -0.452. The van der Waals surface area contributed by atoms with Crippen LogP contribution < -0.4 is 0 Å². The number of thiophene rings is 1. The van der Waals surface area contributed by atoms with E-state index >= 15 is 0 Å². The van der Waals surface area contributed by atoms with Gasteiger partial charge in [0.1, 0.15) is 12.7 Å². The van der Waals surface area contributed by atoms with Crippen molar-refractivity contribution in [1.29, 1.82) is 0 Å². The Bertz CT molecular complexity index is 311. The molecule has 2 unspecified atom stereocenters. The lowest BCUT2D eigenvalue weighted by Gasteiger charge is -2.11.